The Kier molecular flexibility index (Phi) is 2.96. The summed E-state index contributed by atoms with van der Waals surface area (Å²) in [5.41, 5.74) is 7.23. The predicted molar refractivity (Wildman–Crippen MR) is 47.2 cm³/mol. The van der Waals surface area contributed by atoms with Crippen LogP contribution in [0.4, 0.5) is 0 Å². The second-order valence-electron chi connectivity index (χ2n) is 2.28. The first-order chi connectivity index (χ1) is 5.24. The van der Waals surface area contributed by atoms with Crippen molar-refractivity contribution in [1.29, 1.82) is 0 Å². The lowest BCUT2D eigenvalue weighted by molar-refractivity contribution is 0.887. The molecule has 0 unspecified atom stereocenters. The molecule has 0 fully saturated rings. The van der Waals surface area contributed by atoms with Crippen LogP contribution in [0.1, 0.15) is 11.4 Å². The van der Waals surface area contributed by atoms with Crippen LogP contribution in [0.3, 0.4) is 0 Å². The Bertz CT molecular complexity index is 249. The summed E-state index contributed by atoms with van der Waals surface area (Å²) in [6, 6.07) is 0. The van der Waals surface area contributed by atoms with Crippen molar-refractivity contribution in [3.05, 3.63) is 22.2 Å². The van der Waals surface area contributed by atoms with Gasteiger partial charge in [-0.25, -0.2) is 4.98 Å². The average Bonchev–Trinajstić information content (AvgIpc) is 1.98. The third-order valence-corrected chi connectivity index (χ3v) is 2.12. The molecule has 0 bridgehead atoms. The van der Waals surface area contributed by atoms with Gasteiger partial charge in [-0.05, 0) is 29.4 Å². The Labute approximate surface area is 74.2 Å². The normalized spacial score (nSPS) is 10.1. The molecule has 0 aliphatic heterocycles. The first-order valence-corrected chi connectivity index (χ1v) is 4.21. The van der Waals surface area contributed by atoms with Crippen molar-refractivity contribution in [2.45, 2.75) is 13.3 Å². The molecule has 1 heterocycles. The molecule has 11 heavy (non-hydrogen) atoms. The van der Waals surface area contributed by atoms with E-state index in [9.17, 15) is 0 Å². The Morgan fingerprint density at radius 3 is 2.91 bits per heavy atom. The summed E-state index contributed by atoms with van der Waals surface area (Å²) in [5, 5.41) is 0. The van der Waals surface area contributed by atoms with E-state index in [-0.39, 0.29) is 0 Å². The lowest BCUT2D eigenvalue weighted by Gasteiger charge is -1.99. The Morgan fingerprint density at radius 1 is 1.64 bits per heavy atom. The third kappa shape index (κ3) is 2.24. The highest BCUT2D eigenvalue weighted by Gasteiger charge is 1.98. The molecule has 1 aromatic heterocycles. The van der Waals surface area contributed by atoms with Crippen LogP contribution in [0.2, 0.25) is 0 Å². The van der Waals surface area contributed by atoms with Gasteiger partial charge in [0.1, 0.15) is 4.60 Å². The van der Waals surface area contributed by atoms with Crippen LogP contribution in [-0.2, 0) is 6.42 Å². The molecule has 3 nitrogen and oxygen atoms in total. The number of halogens is 1. The fourth-order valence-electron chi connectivity index (χ4n) is 0.783. The molecule has 4 heteroatoms. The van der Waals surface area contributed by atoms with Crippen LogP contribution < -0.4 is 5.73 Å². The van der Waals surface area contributed by atoms with Crippen LogP contribution in [-0.4, -0.2) is 16.5 Å². The van der Waals surface area contributed by atoms with Gasteiger partial charge in [0, 0.05) is 12.6 Å². The third-order valence-electron chi connectivity index (χ3n) is 1.34. The largest absolute Gasteiger partial charge is 0.330 e. The van der Waals surface area contributed by atoms with Crippen molar-refractivity contribution in [1.82, 2.24) is 9.97 Å². The van der Waals surface area contributed by atoms with Crippen LogP contribution in [0.25, 0.3) is 0 Å². The second kappa shape index (κ2) is 3.78. The number of hydrogen-bond acceptors (Lipinski definition) is 3. The van der Waals surface area contributed by atoms with Gasteiger partial charge in [0.2, 0.25) is 0 Å². The number of hydrogen-bond donors (Lipinski definition) is 1. The molecular weight excluding hydrogens is 206 g/mol. The lowest BCUT2D eigenvalue weighted by Crippen LogP contribution is -2.05. The quantitative estimate of drug-likeness (QED) is 0.803. The molecule has 0 saturated carbocycles. The maximum absolute atomic E-state index is 5.37. The molecule has 0 radical (unpaired) electrons. The molecule has 0 atom stereocenters. The van der Waals surface area contributed by atoms with E-state index in [1.165, 1.54) is 0 Å². The summed E-state index contributed by atoms with van der Waals surface area (Å²) in [7, 11) is 0. The highest BCUT2D eigenvalue weighted by Crippen LogP contribution is 2.09. The molecule has 60 valence electrons. The maximum atomic E-state index is 5.37. The smallest absolute Gasteiger partial charge is 0.127 e. The Morgan fingerprint density at radius 2 is 2.36 bits per heavy atom. The molecule has 0 aliphatic carbocycles. The van der Waals surface area contributed by atoms with Crippen LogP contribution in [0, 0.1) is 6.92 Å². The summed E-state index contributed by atoms with van der Waals surface area (Å²) in [4.78, 5) is 8.37. The fraction of sp³-hybridized carbons (Fsp3) is 0.429. The van der Waals surface area contributed by atoms with Gasteiger partial charge in [0.25, 0.3) is 0 Å². The number of aromatic nitrogens is 2. The Hall–Kier alpha value is -0.480. The van der Waals surface area contributed by atoms with E-state index in [0.29, 0.717) is 6.54 Å². The van der Waals surface area contributed by atoms with Crippen molar-refractivity contribution in [2.24, 2.45) is 5.73 Å². The minimum atomic E-state index is 0.621. The van der Waals surface area contributed by atoms with Crippen LogP contribution >= 0.6 is 15.9 Å². The summed E-state index contributed by atoms with van der Waals surface area (Å²) in [5.74, 6) is 0. The van der Waals surface area contributed by atoms with E-state index in [4.69, 9.17) is 5.73 Å². The highest BCUT2D eigenvalue weighted by molar-refractivity contribution is 9.10. The standard InChI is InChI=1S/C7H10BrN3/c1-5-7(8)10-4-6(11-5)2-3-9/h4H,2-3,9H2,1H3. The summed E-state index contributed by atoms with van der Waals surface area (Å²) in [6.07, 6.45) is 2.53. The molecule has 0 aromatic carbocycles. The van der Waals surface area contributed by atoms with Crippen molar-refractivity contribution >= 4 is 15.9 Å². The van der Waals surface area contributed by atoms with Gasteiger partial charge in [0.15, 0.2) is 0 Å². The lowest BCUT2D eigenvalue weighted by atomic mass is 10.3. The van der Waals surface area contributed by atoms with Gasteiger partial charge in [-0.1, -0.05) is 0 Å². The van der Waals surface area contributed by atoms with E-state index in [1.54, 1.807) is 6.20 Å². The molecule has 1 aromatic rings. The first kappa shape index (κ1) is 8.62. The van der Waals surface area contributed by atoms with Crippen molar-refractivity contribution in [3.8, 4) is 0 Å². The van der Waals surface area contributed by atoms with E-state index < -0.39 is 0 Å². The molecular formula is C7H10BrN3. The van der Waals surface area contributed by atoms with E-state index in [2.05, 4.69) is 25.9 Å². The van der Waals surface area contributed by atoms with Crippen molar-refractivity contribution in [2.75, 3.05) is 6.54 Å². The van der Waals surface area contributed by atoms with Gasteiger partial charge in [-0.15, -0.1) is 0 Å². The maximum Gasteiger partial charge on any atom is 0.127 e. The number of rotatable bonds is 2. The zero-order valence-corrected chi connectivity index (χ0v) is 7.93. The molecule has 0 aliphatic rings. The second-order valence-corrected chi connectivity index (χ2v) is 3.03. The zero-order chi connectivity index (χ0) is 8.27. The number of nitrogens with zero attached hydrogens (tertiary/aromatic N) is 2. The summed E-state index contributed by atoms with van der Waals surface area (Å²) < 4.78 is 0.804. The Balaban J connectivity index is 2.86. The van der Waals surface area contributed by atoms with E-state index in [1.807, 2.05) is 6.92 Å². The number of nitrogens with two attached hydrogens (primary N) is 1. The SMILES string of the molecule is Cc1nc(CCN)cnc1Br. The van der Waals surface area contributed by atoms with E-state index in [0.717, 1.165) is 22.4 Å². The zero-order valence-electron chi connectivity index (χ0n) is 6.34. The molecule has 0 saturated heterocycles. The molecule has 1 rings (SSSR count). The monoisotopic (exact) mass is 215 g/mol. The molecule has 0 spiro atoms. The number of aryl methyl sites for hydroxylation is 1. The van der Waals surface area contributed by atoms with Gasteiger partial charge in [0.05, 0.1) is 11.4 Å². The van der Waals surface area contributed by atoms with Gasteiger partial charge in [-0.2, -0.15) is 0 Å². The van der Waals surface area contributed by atoms with E-state index >= 15 is 0 Å². The van der Waals surface area contributed by atoms with Crippen molar-refractivity contribution in [3.63, 3.8) is 0 Å². The van der Waals surface area contributed by atoms with Gasteiger partial charge >= 0.3 is 0 Å². The van der Waals surface area contributed by atoms with Crippen LogP contribution in [0.15, 0.2) is 10.8 Å². The minimum absolute atomic E-state index is 0.621. The topological polar surface area (TPSA) is 51.8 Å². The average molecular weight is 216 g/mol. The molecule has 2 N–H and O–H groups in total. The van der Waals surface area contributed by atoms with Crippen LogP contribution in [0.5, 0.6) is 0 Å². The fourth-order valence-corrected chi connectivity index (χ4v) is 0.974. The summed E-state index contributed by atoms with van der Waals surface area (Å²) >= 11 is 3.28. The molecule has 0 amide bonds. The first-order valence-electron chi connectivity index (χ1n) is 3.42. The van der Waals surface area contributed by atoms with Gasteiger partial charge < -0.3 is 5.73 Å². The highest BCUT2D eigenvalue weighted by atomic mass is 79.9. The van der Waals surface area contributed by atoms with Crippen molar-refractivity contribution < 1.29 is 0 Å². The minimum Gasteiger partial charge on any atom is -0.330 e. The summed E-state index contributed by atoms with van der Waals surface area (Å²) in [6.45, 7) is 2.53. The predicted octanol–water partition coefficient (Wildman–Crippen LogP) is 1.05. The van der Waals surface area contributed by atoms with Gasteiger partial charge in [-0.3, -0.25) is 4.98 Å².